The fourth-order valence-electron chi connectivity index (χ4n) is 5.37. The van der Waals surface area contributed by atoms with E-state index in [1.54, 1.807) is 24.3 Å². The number of anilines is 1. The van der Waals surface area contributed by atoms with Crippen molar-refractivity contribution in [3.05, 3.63) is 85.8 Å². The average Bonchev–Trinajstić information content (AvgIpc) is 3.53. The highest BCUT2D eigenvalue weighted by Crippen LogP contribution is 2.41. The number of fused-ring (bicyclic) bond motifs is 1. The first-order valence-electron chi connectivity index (χ1n) is 11.9. The standard InChI is InChI=1S/C26H20F3N5O3S/c27-18-10-15(11-19(28)21(18)29)9-17-23(32-12-26(13-32)5-8-37-14-26)33(7-6-30)25(36)34(24(17)35)22-16-3-1-2-4-20(16)38-31-22/h1-4,10-11H,5,7-9,12-14H2. The van der Waals surface area contributed by atoms with Gasteiger partial charge in [0.15, 0.2) is 23.3 Å². The lowest BCUT2D eigenvalue weighted by Crippen LogP contribution is -2.59. The van der Waals surface area contributed by atoms with E-state index < -0.39 is 28.7 Å². The maximum absolute atomic E-state index is 14.1. The minimum absolute atomic E-state index is 0.0102. The van der Waals surface area contributed by atoms with Gasteiger partial charge in [-0.2, -0.15) is 9.64 Å². The predicted molar refractivity (Wildman–Crippen MR) is 134 cm³/mol. The Hall–Kier alpha value is -3.95. The molecule has 0 unspecified atom stereocenters. The molecular formula is C26H20F3N5O3S. The summed E-state index contributed by atoms with van der Waals surface area (Å²) in [5.74, 6) is -4.06. The zero-order valence-electron chi connectivity index (χ0n) is 19.9. The molecule has 0 atom stereocenters. The third-order valence-corrected chi connectivity index (χ3v) is 7.99. The molecule has 2 aliphatic rings. The first-order valence-corrected chi connectivity index (χ1v) is 12.7. The molecule has 8 nitrogen and oxygen atoms in total. The molecule has 0 aliphatic carbocycles. The molecule has 2 aromatic carbocycles. The highest BCUT2D eigenvalue weighted by molar-refractivity contribution is 7.13. The third-order valence-electron chi connectivity index (χ3n) is 7.17. The van der Waals surface area contributed by atoms with Crippen LogP contribution in [0.25, 0.3) is 15.9 Å². The summed E-state index contributed by atoms with van der Waals surface area (Å²) in [5.41, 5.74) is -1.53. The fourth-order valence-corrected chi connectivity index (χ4v) is 6.13. The second kappa shape index (κ2) is 9.11. The molecule has 2 aromatic heterocycles. The van der Waals surface area contributed by atoms with E-state index in [2.05, 4.69) is 4.37 Å². The molecule has 1 spiro atoms. The number of halogens is 3. The van der Waals surface area contributed by atoms with E-state index in [9.17, 15) is 28.0 Å². The molecule has 0 N–H and O–H groups in total. The van der Waals surface area contributed by atoms with E-state index >= 15 is 0 Å². The average molecular weight is 540 g/mol. The van der Waals surface area contributed by atoms with Crippen molar-refractivity contribution < 1.29 is 17.9 Å². The molecule has 2 aliphatic heterocycles. The summed E-state index contributed by atoms with van der Waals surface area (Å²) in [7, 11) is 0. The molecule has 194 valence electrons. The van der Waals surface area contributed by atoms with Gasteiger partial charge in [0.2, 0.25) is 0 Å². The Morgan fingerprint density at radius 3 is 2.55 bits per heavy atom. The molecule has 0 bridgehead atoms. The molecule has 38 heavy (non-hydrogen) atoms. The summed E-state index contributed by atoms with van der Waals surface area (Å²) in [6.45, 7) is 1.76. The van der Waals surface area contributed by atoms with Gasteiger partial charge in [0.05, 0.1) is 22.9 Å². The highest BCUT2D eigenvalue weighted by Gasteiger charge is 2.47. The minimum atomic E-state index is -1.61. The number of ether oxygens (including phenoxy) is 1. The number of hydrogen-bond donors (Lipinski definition) is 0. The van der Waals surface area contributed by atoms with Gasteiger partial charge in [0, 0.05) is 36.9 Å². The summed E-state index contributed by atoms with van der Waals surface area (Å²) in [5, 5.41) is 10.2. The third kappa shape index (κ3) is 3.81. The molecule has 0 amide bonds. The van der Waals surface area contributed by atoms with Crippen LogP contribution in [0.5, 0.6) is 0 Å². The van der Waals surface area contributed by atoms with Crippen LogP contribution in [-0.4, -0.2) is 39.8 Å². The van der Waals surface area contributed by atoms with Gasteiger partial charge in [-0.3, -0.25) is 9.36 Å². The summed E-state index contributed by atoms with van der Waals surface area (Å²) >= 11 is 1.11. The summed E-state index contributed by atoms with van der Waals surface area (Å²) in [4.78, 5) is 29.6. The van der Waals surface area contributed by atoms with Gasteiger partial charge in [0.25, 0.3) is 5.56 Å². The number of hydrogen-bond acceptors (Lipinski definition) is 7. The first kappa shape index (κ1) is 24.4. The summed E-state index contributed by atoms with van der Waals surface area (Å²) in [6.07, 6.45) is 0.521. The molecule has 4 aromatic rings. The van der Waals surface area contributed by atoms with E-state index in [1.165, 1.54) is 4.57 Å². The maximum Gasteiger partial charge on any atom is 0.339 e. The Kier molecular flexibility index (Phi) is 5.85. The van der Waals surface area contributed by atoms with Gasteiger partial charge >= 0.3 is 5.69 Å². The van der Waals surface area contributed by atoms with Crippen molar-refractivity contribution in [1.82, 2.24) is 13.5 Å². The predicted octanol–water partition coefficient (Wildman–Crippen LogP) is 3.37. The van der Waals surface area contributed by atoms with E-state index in [-0.39, 0.29) is 41.1 Å². The molecule has 12 heteroatoms. The SMILES string of the molecule is N#CCn1c(N2CC3(CCOC3)C2)c(Cc2cc(F)c(F)c(F)c2)c(=O)n(-c2nsc3ccccc23)c1=O. The van der Waals surface area contributed by atoms with E-state index in [0.717, 1.165) is 39.4 Å². The van der Waals surface area contributed by atoms with Crippen LogP contribution in [0.3, 0.4) is 0 Å². The van der Waals surface area contributed by atoms with Crippen LogP contribution in [0.2, 0.25) is 0 Å². The van der Waals surface area contributed by atoms with Crippen LogP contribution in [0.15, 0.2) is 46.0 Å². The maximum atomic E-state index is 14.1. The molecule has 0 saturated carbocycles. The van der Waals surface area contributed by atoms with Crippen molar-refractivity contribution in [2.24, 2.45) is 5.41 Å². The summed E-state index contributed by atoms with van der Waals surface area (Å²) < 4.78 is 54.6. The van der Waals surface area contributed by atoms with E-state index in [4.69, 9.17) is 4.74 Å². The Balaban J connectivity index is 1.59. The number of rotatable bonds is 5. The molecular weight excluding hydrogens is 519 g/mol. The summed E-state index contributed by atoms with van der Waals surface area (Å²) in [6, 6.07) is 10.7. The Morgan fingerprint density at radius 1 is 1.13 bits per heavy atom. The second-order valence-corrected chi connectivity index (χ2v) is 10.5. The number of nitrogens with zero attached hydrogens (tertiary/aromatic N) is 5. The molecule has 6 rings (SSSR count). The quantitative estimate of drug-likeness (QED) is 0.361. The van der Waals surface area contributed by atoms with Gasteiger partial charge < -0.3 is 9.64 Å². The van der Waals surface area contributed by atoms with Crippen LogP contribution in [0.4, 0.5) is 19.0 Å². The van der Waals surface area contributed by atoms with Crippen LogP contribution >= 0.6 is 11.5 Å². The monoisotopic (exact) mass is 539 g/mol. The van der Waals surface area contributed by atoms with Crippen molar-refractivity contribution >= 4 is 27.4 Å². The number of benzene rings is 2. The smallest absolute Gasteiger partial charge is 0.339 e. The lowest BCUT2D eigenvalue weighted by molar-refractivity contribution is 0.130. The van der Waals surface area contributed by atoms with Gasteiger partial charge in [-0.1, -0.05) is 12.1 Å². The van der Waals surface area contributed by atoms with Crippen molar-refractivity contribution in [2.75, 3.05) is 31.2 Å². The zero-order chi connectivity index (χ0) is 26.6. The lowest BCUT2D eigenvalue weighted by Gasteiger charge is -2.49. The lowest BCUT2D eigenvalue weighted by atomic mass is 9.79. The Morgan fingerprint density at radius 2 is 1.87 bits per heavy atom. The molecule has 2 saturated heterocycles. The van der Waals surface area contributed by atoms with Gasteiger partial charge in [-0.15, -0.1) is 0 Å². The normalized spacial score (nSPS) is 16.2. The van der Waals surface area contributed by atoms with Crippen molar-refractivity contribution in [1.29, 1.82) is 5.26 Å². The number of nitriles is 1. The minimum Gasteiger partial charge on any atom is -0.381 e. The van der Waals surface area contributed by atoms with Gasteiger partial charge in [-0.05, 0) is 47.8 Å². The first-order chi connectivity index (χ1) is 18.3. The van der Waals surface area contributed by atoms with Crippen molar-refractivity contribution in [3.63, 3.8) is 0 Å². The molecule has 2 fully saturated rings. The van der Waals surface area contributed by atoms with Crippen LogP contribution in [0.1, 0.15) is 17.5 Å². The van der Waals surface area contributed by atoms with Crippen molar-refractivity contribution in [2.45, 2.75) is 19.4 Å². The van der Waals surface area contributed by atoms with Crippen LogP contribution in [-0.2, 0) is 17.7 Å². The fraction of sp³-hybridized carbons (Fsp3) is 0.308. The van der Waals surface area contributed by atoms with Crippen LogP contribution in [0, 0.1) is 34.2 Å². The molecule has 0 radical (unpaired) electrons. The van der Waals surface area contributed by atoms with Crippen LogP contribution < -0.4 is 16.1 Å². The highest BCUT2D eigenvalue weighted by atomic mass is 32.1. The Bertz CT molecular complexity index is 1720. The van der Waals surface area contributed by atoms with E-state index in [0.29, 0.717) is 31.7 Å². The van der Waals surface area contributed by atoms with Gasteiger partial charge in [0.1, 0.15) is 12.4 Å². The second-order valence-electron chi connectivity index (χ2n) is 9.68. The number of aromatic nitrogens is 3. The Labute approximate surface area is 217 Å². The van der Waals surface area contributed by atoms with Crippen molar-refractivity contribution in [3.8, 4) is 11.9 Å². The largest absolute Gasteiger partial charge is 0.381 e. The zero-order valence-corrected chi connectivity index (χ0v) is 20.7. The van der Waals surface area contributed by atoms with E-state index in [1.807, 2.05) is 11.0 Å². The van der Waals surface area contributed by atoms with Gasteiger partial charge in [-0.25, -0.2) is 22.5 Å². The molecule has 4 heterocycles. The topological polar surface area (TPSA) is 93.2 Å².